The zero-order chi connectivity index (χ0) is 24.4. The van der Waals surface area contributed by atoms with Gasteiger partial charge in [0.05, 0.1) is 30.0 Å². The number of nitrogens with zero attached hydrogens (tertiary/aromatic N) is 2. The topological polar surface area (TPSA) is 111 Å². The van der Waals surface area contributed by atoms with Crippen molar-refractivity contribution >= 4 is 34.0 Å². The molecule has 0 spiro atoms. The molecule has 0 aliphatic carbocycles. The number of nitro benzene ring substituents is 1. The highest BCUT2D eigenvalue weighted by atomic mass is 16.6. The first kappa shape index (κ1) is 22.8. The van der Waals surface area contributed by atoms with Gasteiger partial charge >= 0.3 is 0 Å². The van der Waals surface area contributed by atoms with Crippen LogP contribution < -0.4 is 15.0 Å². The molecule has 2 amide bonds. The highest BCUT2D eigenvalue weighted by Crippen LogP contribution is 2.37. The summed E-state index contributed by atoms with van der Waals surface area (Å²) in [5.74, 6) is -0.0269. The van der Waals surface area contributed by atoms with Gasteiger partial charge in [0.2, 0.25) is 5.91 Å². The Morgan fingerprint density at radius 2 is 1.97 bits per heavy atom. The molecule has 9 heteroatoms. The lowest BCUT2D eigenvalue weighted by Crippen LogP contribution is -2.45. The summed E-state index contributed by atoms with van der Waals surface area (Å²) >= 11 is 0. The van der Waals surface area contributed by atoms with E-state index in [0.29, 0.717) is 30.2 Å². The number of nitro groups is 1. The zero-order valence-electron chi connectivity index (χ0n) is 19.0. The van der Waals surface area contributed by atoms with Crippen LogP contribution in [0.4, 0.5) is 11.4 Å². The van der Waals surface area contributed by atoms with Crippen molar-refractivity contribution in [2.75, 3.05) is 24.7 Å². The predicted molar refractivity (Wildman–Crippen MR) is 129 cm³/mol. The second-order valence-electron chi connectivity index (χ2n) is 8.76. The number of amides is 2. The third kappa shape index (κ3) is 4.95. The quantitative estimate of drug-likeness (QED) is 0.410. The number of hydrogen-bond acceptors (Lipinski definition) is 6. The number of hydrogen-bond donors (Lipinski definition) is 1. The van der Waals surface area contributed by atoms with E-state index in [1.54, 1.807) is 17.0 Å². The lowest BCUT2D eigenvalue weighted by molar-refractivity contribution is -0.384. The molecule has 2 aliphatic heterocycles. The van der Waals surface area contributed by atoms with Gasteiger partial charge in [0.25, 0.3) is 11.6 Å². The standard InChI is InChI=1S/C26H25N3O6/c30-25(16-35-20-9-7-17-4-1-2-5-18(17)12-20)27-23-14-26(31)28(15-21-6-3-11-34-21)24-10-8-19(29(32)33)13-22(23)24/h1-2,4-5,7-10,12-13,21,23H,3,6,11,14-16H2,(H,27,30). The average molecular weight is 476 g/mol. The number of rotatable bonds is 7. The van der Waals surface area contributed by atoms with Gasteiger partial charge in [-0.1, -0.05) is 30.3 Å². The van der Waals surface area contributed by atoms with E-state index >= 15 is 0 Å². The molecule has 0 aromatic heterocycles. The van der Waals surface area contributed by atoms with Gasteiger partial charge < -0.3 is 19.7 Å². The van der Waals surface area contributed by atoms with E-state index in [2.05, 4.69) is 5.32 Å². The van der Waals surface area contributed by atoms with Gasteiger partial charge in [-0.25, -0.2) is 0 Å². The van der Waals surface area contributed by atoms with Crippen LogP contribution in [0.15, 0.2) is 60.7 Å². The predicted octanol–water partition coefficient (Wildman–Crippen LogP) is 3.90. The van der Waals surface area contributed by atoms with Gasteiger partial charge in [-0.05, 0) is 41.8 Å². The molecular formula is C26H25N3O6. The Labute approximate surface area is 201 Å². The highest BCUT2D eigenvalue weighted by molar-refractivity contribution is 5.98. The summed E-state index contributed by atoms with van der Waals surface area (Å²) in [6, 6.07) is 17.1. The number of carbonyl (C=O) groups excluding carboxylic acids is 2. The summed E-state index contributed by atoms with van der Waals surface area (Å²) in [6.07, 6.45) is 1.74. The minimum Gasteiger partial charge on any atom is -0.484 e. The Balaban J connectivity index is 1.32. The van der Waals surface area contributed by atoms with Crippen molar-refractivity contribution in [1.29, 1.82) is 0 Å². The van der Waals surface area contributed by atoms with E-state index < -0.39 is 16.9 Å². The SMILES string of the molecule is O=C(COc1ccc2ccccc2c1)NC1CC(=O)N(CC2CCCO2)c2ccc([N+](=O)[O-])cc21. The summed E-state index contributed by atoms with van der Waals surface area (Å²) in [4.78, 5) is 38.3. The molecule has 2 heterocycles. The van der Waals surface area contributed by atoms with Gasteiger partial charge in [0.1, 0.15) is 5.75 Å². The summed E-state index contributed by atoms with van der Waals surface area (Å²) in [5, 5.41) is 16.3. The molecule has 5 rings (SSSR count). The van der Waals surface area contributed by atoms with Crippen LogP contribution in [-0.2, 0) is 14.3 Å². The van der Waals surface area contributed by atoms with Gasteiger partial charge in [-0.15, -0.1) is 0 Å². The fourth-order valence-corrected chi connectivity index (χ4v) is 4.67. The van der Waals surface area contributed by atoms with Crippen LogP contribution in [0.3, 0.4) is 0 Å². The van der Waals surface area contributed by atoms with Crippen molar-refractivity contribution < 1.29 is 24.0 Å². The maximum absolute atomic E-state index is 13.0. The van der Waals surface area contributed by atoms with Gasteiger partial charge in [0.15, 0.2) is 6.61 Å². The third-order valence-corrected chi connectivity index (χ3v) is 6.40. The van der Waals surface area contributed by atoms with E-state index in [0.717, 1.165) is 23.6 Å². The largest absolute Gasteiger partial charge is 0.484 e. The number of nitrogens with one attached hydrogen (secondary N) is 1. The number of non-ortho nitro benzene ring substituents is 1. The van der Waals surface area contributed by atoms with E-state index in [1.165, 1.54) is 12.1 Å². The van der Waals surface area contributed by atoms with E-state index in [9.17, 15) is 19.7 Å². The summed E-state index contributed by atoms with van der Waals surface area (Å²) in [5.41, 5.74) is 1.00. The molecule has 1 saturated heterocycles. The van der Waals surface area contributed by atoms with Crippen molar-refractivity contribution in [3.8, 4) is 5.75 Å². The van der Waals surface area contributed by atoms with E-state index in [1.807, 2.05) is 36.4 Å². The van der Waals surface area contributed by atoms with Crippen LogP contribution in [0, 0.1) is 10.1 Å². The number of anilines is 1. The lowest BCUT2D eigenvalue weighted by atomic mass is 9.94. The smallest absolute Gasteiger partial charge is 0.269 e. The first-order valence-electron chi connectivity index (χ1n) is 11.6. The Bertz CT molecular complexity index is 1290. The number of carbonyl (C=O) groups is 2. The minimum absolute atomic E-state index is 0.00258. The van der Waals surface area contributed by atoms with Crippen LogP contribution in [0.2, 0.25) is 0 Å². The Hall–Kier alpha value is -3.98. The van der Waals surface area contributed by atoms with Gasteiger partial charge in [-0.3, -0.25) is 19.7 Å². The summed E-state index contributed by atoms with van der Waals surface area (Å²) in [6.45, 7) is 0.804. The Morgan fingerprint density at radius 1 is 1.14 bits per heavy atom. The van der Waals surface area contributed by atoms with Crippen LogP contribution in [0.1, 0.15) is 30.9 Å². The number of benzene rings is 3. The normalized spacial score (nSPS) is 19.4. The molecule has 9 nitrogen and oxygen atoms in total. The van der Waals surface area contributed by atoms with Crippen molar-refractivity contribution in [3.63, 3.8) is 0 Å². The van der Waals surface area contributed by atoms with Crippen LogP contribution in [0.25, 0.3) is 10.8 Å². The molecule has 2 unspecified atom stereocenters. The molecule has 2 atom stereocenters. The zero-order valence-corrected chi connectivity index (χ0v) is 19.0. The molecule has 35 heavy (non-hydrogen) atoms. The Morgan fingerprint density at radius 3 is 2.74 bits per heavy atom. The fourth-order valence-electron chi connectivity index (χ4n) is 4.67. The number of fused-ring (bicyclic) bond motifs is 2. The van der Waals surface area contributed by atoms with Crippen LogP contribution in [-0.4, -0.2) is 42.6 Å². The van der Waals surface area contributed by atoms with Crippen molar-refractivity contribution in [3.05, 3.63) is 76.3 Å². The fraction of sp³-hybridized carbons (Fsp3) is 0.308. The second-order valence-corrected chi connectivity index (χ2v) is 8.76. The maximum Gasteiger partial charge on any atom is 0.269 e. The average Bonchev–Trinajstić information content (AvgIpc) is 3.38. The molecule has 3 aromatic rings. The molecule has 3 aromatic carbocycles. The summed E-state index contributed by atoms with van der Waals surface area (Å²) < 4.78 is 11.4. The molecule has 1 fully saturated rings. The van der Waals surface area contributed by atoms with Crippen molar-refractivity contribution in [2.45, 2.75) is 31.4 Å². The number of ether oxygens (including phenoxy) is 2. The minimum atomic E-state index is -0.689. The first-order chi connectivity index (χ1) is 17.0. The maximum atomic E-state index is 13.0. The second kappa shape index (κ2) is 9.71. The molecule has 180 valence electrons. The lowest BCUT2D eigenvalue weighted by Gasteiger charge is -2.35. The van der Waals surface area contributed by atoms with Crippen LogP contribution in [0.5, 0.6) is 5.75 Å². The highest BCUT2D eigenvalue weighted by Gasteiger charge is 2.35. The van der Waals surface area contributed by atoms with Gasteiger partial charge in [0, 0.05) is 30.0 Å². The third-order valence-electron chi connectivity index (χ3n) is 6.40. The molecule has 2 aliphatic rings. The monoisotopic (exact) mass is 475 g/mol. The van der Waals surface area contributed by atoms with E-state index in [-0.39, 0.29) is 30.7 Å². The Kier molecular flexibility index (Phi) is 6.33. The molecule has 0 bridgehead atoms. The molecule has 0 saturated carbocycles. The van der Waals surface area contributed by atoms with E-state index in [4.69, 9.17) is 9.47 Å². The van der Waals surface area contributed by atoms with Crippen molar-refractivity contribution in [1.82, 2.24) is 5.32 Å². The van der Waals surface area contributed by atoms with Crippen molar-refractivity contribution in [2.24, 2.45) is 0 Å². The molecular weight excluding hydrogens is 450 g/mol. The van der Waals surface area contributed by atoms with Crippen LogP contribution >= 0.6 is 0 Å². The molecule has 1 N–H and O–H groups in total. The summed E-state index contributed by atoms with van der Waals surface area (Å²) in [7, 11) is 0. The molecule has 0 radical (unpaired) electrons. The first-order valence-corrected chi connectivity index (χ1v) is 11.6. The van der Waals surface area contributed by atoms with Gasteiger partial charge in [-0.2, -0.15) is 0 Å².